The minimum atomic E-state index is -0.0516. The van der Waals surface area contributed by atoms with Crippen LogP contribution in [0.2, 0.25) is 5.02 Å². The van der Waals surface area contributed by atoms with Gasteiger partial charge in [0.15, 0.2) is 0 Å². The van der Waals surface area contributed by atoms with Gasteiger partial charge < -0.3 is 4.98 Å². The Morgan fingerprint density at radius 2 is 2.33 bits per heavy atom. The van der Waals surface area contributed by atoms with Gasteiger partial charge in [-0.05, 0) is 30.7 Å². The Kier molecular flexibility index (Phi) is 3.39. The van der Waals surface area contributed by atoms with Gasteiger partial charge in [-0.15, -0.1) is 0 Å². The number of aromatic amines is 1. The summed E-state index contributed by atoms with van der Waals surface area (Å²) >= 11 is 8.07. The smallest absolute Gasteiger partial charge is 0.304 e. The molecule has 2 aromatic rings. The minimum Gasteiger partial charge on any atom is -0.304 e. The third-order valence-corrected chi connectivity index (χ3v) is 5.12. The lowest BCUT2D eigenvalue weighted by Gasteiger charge is -2.21. The average molecular weight is 283 g/mol. The first-order chi connectivity index (χ1) is 8.75. The van der Waals surface area contributed by atoms with E-state index in [9.17, 15) is 4.79 Å². The van der Waals surface area contributed by atoms with Crippen molar-refractivity contribution >= 4 is 34.4 Å². The molecule has 0 aliphatic carbocycles. The average Bonchev–Trinajstić information content (AvgIpc) is 2.70. The van der Waals surface area contributed by atoms with Gasteiger partial charge in [0.2, 0.25) is 0 Å². The van der Waals surface area contributed by atoms with Crippen LogP contribution in [0.15, 0.2) is 23.0 Å². The molecule has 3 rings (SSSR count). The predicted molar refractivity (Wildman–Crippen MR) is 77.7 cm³/mol. The van der Waals surface area contributed by atoms with Gasteiger partial charge in [-0.2, -0.15) is 11.8 Å². The van der Waals surface area contributed by atoms with Crippen molar-refractivity contribution in [2.75, 3.05) is 5.75 Å². The number of aromatic nitrogens is 2. The van der Waals surface area contributed by atoms with E-state index in [-0.39, 0.29) is 5.69 Å². The maximum Gasteiger partial charge on any atom is 0.326 e. The highest BCUT2D eigenvalue weighted by molar-refractivity contribution is 7.99. The fourth-order valence-electron chi connectivity index (χ4n) is 2.48. The lowest BCUT2D eigenvalue weighted by molar-refractivity contribution is 0.582. The topological polar surface area (TPSA) is 37.8 Å². The molecule has 2 heterocycles. The maximum absolute atomic E-state index is 12.0. The molecule has 1 fully saturated rings. The van der Waals surface area contributed by atoms with Gasteiger partial charge in [-0.1, -0.05) is 24.1 Å². The first-order valence-electron chi connectivity index (χ1n) is 6.24. The third kappa shape index (κ3) is 2.19. The molecule has 96 valence electrons. The molecule has 5 heteroatoms. The van der Waals surface area contributed by atoms with E-state index in [2.05, 4.69) is 4.98 Å². The van der Waals surface area contributed by atoms with E-state index >= 15 is 0 Å². The predicted octanol–water partition coefficient (Wildman–Crippen LogP) is 3.27. The molecule has 1 saturated heterocycles. The van der Waals surface area contributed by atoms with Gasteiger partial charge in [0, 0.05) is 11.8 Å². The summed E-state index contributed by atoms with van der Waals surface area (Å²) in [6.45, 7) is 0.782. The largest absolute Gasteiger partial charge is 0.326 e. The normalized spacial score (nSPS) is 20.4. The zero-order valence-electron chi connectivity index (χ0n) is 9.99. The summed E-state index contributed by atoms with van der Waals surface area (Å²) < 4.78 is 1.82. The summed E-state index contributed by atoms with van der Waals surface area (Å²) in [4.78, 5) is 14.9. The second kappa shape index (κ2) is 5.02. The van der Waals surface area contributed by atoms with E-state index in [1.807, 2.05) is 28.5 Å². The second-order valence-corrected chi connectivity index (χ2v) is 6.48. The number of benzene rings is 1. The van der Waals surface area contributed by atoms with Crippen molar-refractivity contribution in [2.45, 2.75) is 31.1 Å². The molecule has 1 aromatic carbocycles. The van der Waals surface area contributed by atoms with E-state index in [1.54, 1.807) is 6.07 Å². The van der Waals surface area contributed by atoms with Crippen LogP contribution >= 0.6 is 23.4 Å². The van der Waals surface area contributed by atoms with Crippen LogP contribution in [-0.2, 0) is 6.54 Å². The Balaban J connectivity index is 1.98. The molecule has 1 aliphatic heterocycles. The molecule has 1 unspecified atom stereocenters. The number of rotatable bonds is 2. The van der Waals surface area contributed by atoms with Crippen LogP contribution in [0.25, 0.3) is 11.0 Å². The summed E-state index contributed by atoms with van der Waals surface area (Å²) in [7, 11) is 0. The molecule has 1 aliphatic rings. The van der Waals surface area contributed by atoms with Crippen LogP contribution < -0.4 is 5.69 Å². The highest BCUT2D eigenvalue weighted by Gasteiger charge is 2.17. The van der Waals surface area contributed by atoms with Crippen molar-refractivity contribution in [3.63, 3.8) is 0 Å². The molecule has 0 spiro atoms. The number of para-hydroxylation sites is 1. The number of thioether (sulfide) groups is 1. The first kappa shape index (κ1) is 12.2. The lowest BCUT2D eigenvalue weighted by atomic mass is 10.2. The number of fused-ring (bicyclic) bond motifs is 1. The van der Waals surface area contributed by atoms with Crippen LogP contribution in [0, 0.1) is 0 Å². The maximum atomic E-state index is 12.0. The SMILES string of the molecule is O=c1[nH]c2c(Cl)cccc2n1CC1CCCCS1. The summed E-state index contributed by atoms with van der Waals surface area (Å²) in [5.41, 5.74) is 1.62. The highest BCUT2D eigenvalue weighted by atomic mass is 35.5. The number of halogens is 1. The van der Waals surface area contributed by atoms with Gasteiger partial charge in [0.25, 0.3) is 0 Å². The van der Waals surface area contributed by atoms with E-state index < -0.39 is 0 Å². The molecular weight excluding hydrogens is 268 g/mol. The first-order valence-corrected chi connectivity index (χ1v) is 7.67. The quantitative estimate of drug-likeness (QED) is 0.918. The van der Waals surface area contributed by atoms with Crippen molar-refractivity contribution in [1.82, 2.24) is 9.55 Å². The van der Waals surface area contributed by atoms with E-state index in [4.69, 9.17) is 11.6 Å². The number of nitrogens with one attached hydrogen (secondary N) is 1. The van der Waals surface area contributed by atoms with Gasteiger partial charge >= 0.3 is 5.69 Å². The summed E-state index contributed by atoms with van der Waals surface area (Å²) in [5.74, 6) is 1.21. The summed E-state index contributed by atoms with van der Waals surface area (Å²) in [6.07, 6.45) is 3.77. The van der Waals surface area contributed by atoms with Crippen LogP contribution in [0.3, 0.4) is 0 Å². The monoisotopic (exact) mass is 282 g/mol. The molecule has 3 nitrogen and oxygen atoms in total. The van der Waals surface area contributed by atoms with E-state index in [0.717, 1.165) is 17.6 Å². The van der Waals surface area contributed by atoms with Crippen molar-refractivity contribution in [3.8, 4) is 0 Å². The Hall–Kier alpha value is -0.870. The van der Waals surface area contributed by atoms with Crippen molar-refractivity contribution < 1.29 is 0 Å². The molecule has 0 amide bonds. The molecule has 0 saturated carbocycles. The minimum absolute atomic E-state index is 0.0516. The van der Waals surface area contributed by atoms with Gasteiger partial charge in [-0.25, -0.2) is 4.79 Å². The second-order valence-electron chi connectivity index (χ2n) is 4.66. The zero-order valence-corrected chi connectivity index (χ0v) is 11.6. The van der Waals surface area contributed by atoms with Crippen LogP contribution in [0.4, 0.5) is 0 Å². The summed E-state index contributed by atoms with van der Waals surface area (Å²) in [6, 6.07) is 5.65. The standard InChI is InChI=1S/C13H15ClN2OS/c14-10-5-3-6-11-12(10)15-13(17)16(11)8-9-4-1-2-7-18-9/h3,5-6,9H,1-2,4,7-8H2,(H,15,17). The van der Waals surface area contributed by atoms with E-state index in [1.165, 1.54) is 25.0 Å². The van der Waals surface area contributed by atoms with E-state index in [0.29, 0.717) is 10.3 Å². The number of H-pyrrole nitrogens is 1. The lowest BCUT2D eigenvalue weighted by Crippen LogP contribution is -2.24. The van der Waals surface area contributed by atoms with Crippen molar-refractivity contribution in [2.24, 2.45) is 0 Å². The highest BCUT2D eigenvalue weighted by Crippen LogP contribution is 2.27. The van der Waals surface area contributed by atoms with Crippen molar-refractivity contribution in [3.05, 3.63) is 33.7 Å². The molecule has 1 N–H and O–H groups in total. The van der Waals surface area contributed by atoms with Gasteiger partial charge in [0.1, 0.15) is 0 Å². The number of hydrogen-bond donors (Lipinski definition) is 1. The third-order valence-electron chi connectivity index (χ3n) is 3.42. The van der Waals surface area contributed by atoms with Crippen LogP contribution in [-0.4, -0.2) is 20.6 Å². The van der Waals surface area contributed by atoms with Crippen LogP contribution in [0.1, 0.15) is 19.3 Å². The Bertz CT molecular complexity index is 613. The zero-order chi connectivity index (χ0) is 12.5. The molecule has 18 heavy (non-hydrogen) atoms. The van der Waals surface area contributed by atoms with Gasteiger partial charge in [0.05, 0.1) is 16.1 Å². The molecule has 1 aromatic heterocycles. The van der Waals surface area contributed by atoms with Crippen LogP contribution in [0.5, 0.6) is 0 Å². The van der Waals surface area contributed by atoms with Crippen molar-refractivity contribution in [1.29, 1.82) is 0 Å². The number of nitrogens with zero attached hydrogens (tertiary/aromatic N) is 1. The molecule has 1 atom stereocenters. The van der Waals surface area contributed by atoms with Gasteiger partial charge in [-0.3, -0.25) is 4.57 Å². The Morgan fingerprint density at radius 1 is 1.44 bits per heavy atom. The Labute approximate surface area is 115 Å². The number of hydrogen-bond acceptors (Lipinski definition) is 2. The molecular formula is C13H15ClN2OS. The molecule has 0 bridgehead atoms. The molecule has 0 radical (unpaired) electrons. The number of imidazole rings is 1. The fourth-order valence-corrected chi connectivity index (χ4v) is 3.99. The Morgan fingerprint density at radius 3 is 3.11 bits per heavy atom. The fraction of sp³-hybridized carbons (Fsp3) is 0.462. The summed E-state index contributed by atoms with van der Waals surface area (Å²) in [5, 5.41) is 1.16.